The van der Waals surface area contributed by atoms with Crippen LogP contribution in [-0.2, 0) is 23.7 Å². The van der Waals surface area contributed by atoms with E-state index in [1.54, 1.807) is 11.8 Å². The van der Waals surface area contributed by atoms with Crippen molar-refractivity contribution in [1.82, 2.24) is 0 Å². The van der Waals surface area contributed by atoms with Gasteiger partial charge in [-0.25, -0.2) is 0 Å². The first-order chi connectivity index (χ1) is 12.1. The number of carbonyl (C=O) groups is 1. The predicted molar refractivity (Wildman–Crippen MR) is 102 cm³/mol. The molecule has 1 heterocycles. The molecule has 1 aliphatic rings. The topological polar surface area (TPSA) is 54.0 Å². The number of rotatable bonds is 14. The molecule has 0 amide bonds. The molecule has 148 valence electrons. The SMILES string of the molecule is CCCCOC[C@H]1SC(OC(C)=O)[C@H](OCCCC)[C@@H]1OCCCC. The van der Waals surface area contributed by atoms with Crippen LogP contribution in [-0.4, -0.2) is 55.3 Å². The second kappa shape index (κ2) is 13.8. The van der Waals surface area contributed by atoms with Gasteiger partial charge in [0.1, 0.15) is 12.2 Å². The van der Waals surface area contributed by atoms with Crippen LogP contribution in [0.25, 0.3) is 0 Å². The lowest BCUT2D eigenvalue weighted by molar-refractivity contribution is -0.153. The number of unbranched alkanes of at least 4 members (excludes halogenated alkanes) is 3. The summed E-state index contributed by atoms with van der Waals surface area (Å²) < 4.78 is 23.6. The molecule has 1 rings (SSSR count). The summed E-state index contributed by atoms with van der Waals surface area (Å²) in [6, 6.07) is 0. The molecule has 0 spiro atoms. The molecular weight excluding hydrogens is 340 g/mol. The summed E-state index contributed by atoms with van der Waals surface area (Å²) in [4.78, 5) is 11.5. The number of hydrogen-bond donors (Lipinski definition) is 0. The molecule has 0 N–H and O–H groups in total. The van der Waals surface area contributed by atoms with Gasteiger partial charge in [-0.05, 0) is 19.3 Å². The third-order valence-electron chi connectivity index (χ3n) is 4.09. The largest absolute Gasteiger partial charge is 0.449 e. The van der Waals surface area contributed by atoms with E-state index in [0.717, 1.165) is 45.1 Å². The van der Waals surface area contributed by atoms with E-state index in [1.807, 2.05) is 0 Å². The van der Waals surface area contributed by atoms with E-state index in [-0.39, 0.29) is 28.9 Å². The van der Waals surface area contributed by atoms with Crippen LogP contribution >= 0.6 is 11.8 Å². The third-order valence-corrected chi connectivity index (χ3v) is 5.48. The van der Waals surface area contributed by atoms with Gasteiger partial charge in [0.05, 0.1) is 11.9 Å². The molecule has 4 atom stereocenters. The quantitative estimate of drug-likeness (QED) is 0.335. The van der Waals surface area contributed by atoms with E-state index < -0.39 is 0 Å². The Morgan fingerprint density at radius 1 is 0.880 bits per heavy atom. The van der Waals surface area contributed by atoms with Crippen molar-refractivity contribution in [3.05, 3.63) is 0 Å². The van der Waals surface area contributed by atoms with E-state index in [2.05, 4.69) is 20.8 Å². The molecule has 0 bridgehead atoms. The molecule has 0 aliphatic carbocycles. The Morgan fingerprint density at radius 3 is 2.00 bits per heavy atom. The Morgan fingerprint density at radius 2 is 1.44 bits per heavy atom. The molecular formula is C19H36O5S. The van der Waals surface area contributed by atoms with Crippen LogP contribution in [0.5, 0.6) is 0 Å². The van der Waals surface area contributed by atoms with Gasteiger partial charge in [0.25, 0.3) is 0 Å². The van der Waals surface area contributed by atoms with Gasteiger partial charge in [0.2, 0.25) is 0 Å². The highest BCUT2D eigenvalue weighted by atomic mass is 32.2. The van der Waals surface area contributed by atoms with Crippen molar-refractivity contribution in [1.29, 1.82) is 0 Å². The summed E-state index contributed by atoms with van der Waals surface area (Å²) >= 11 is 1.61. The van der Waals surface area contributed by atoms with Crippen LogP contribution in [0, 0.1) is 0 Å². The zero-order chi connectivity index (χ0) is 18.5. The van der Waals surface area contributed by atoms with Gasteiger partial charge < -0.3 is 18.9 Å². The van der Waals surface area contributed by atoms with Crippen molar-refractivity contribution >= 4 is 17.7 Å². The van der Waals surface area contributed by atoms with Gasteiger partial charge in [-0.15, -0.1) is 11.8 Å². The maximum absolute atomic E-state index is 11.5. The summed E-state index contributed by atoms with van der Waals surface area (Å²) in [5.74, 6) is -0.276. The molecule has 0 aromatic heterocycles. The summed E-state index contributed by atoms with van der Waals surface area (Å²) in [6.07, 6.45) is 6.03. The molecule has 6 heteroatoms. The second-order valence-corrected chi connectivity index (χ2v) is 7.80. The van der Waals surface area contributed by atoms with Crippen LogP contribution in [0.1, 0.15) is 66.2 Å². The maximum atomic E-state index is 11.5. The highest BCUT2D eigenvalue weighted by Crippen LogP contribution is 2.39. The van der Waals surface area contributed by atoms with E-state index in [9.17, 15) is 4.79 Å². The summed E-state index contributed by atoms with van der Waals surface area (Å²) in [5.41, 5.74) is -0.319. The monoisotopic (exact) mass is 376 g/mol. The fourth-order valence-corrected chi connectivity index (χ4v) is 4.12. The molecule has 0 radical (unpaired) electrons. The predicted octanol–water partition coefficient (Wildman–Crippen LogP) is 4.18. The zero-order valence-corrected chi connectivity index (χ0v) is 17.1. The average molecular weight is 377 g/mol. The first kappa shape index (κ1) is 22.7. The molecule has 1 saturated heterocycles. The normalized spacial score (nSPS) is 26.1. The minimum Gasteiger partial charge on any atom is -0.449 e. The molecule has 0 aromatic carbocycles. The number of hydrogen-bond acceptors (Lipinski definition) is 6. The van der Waals surface area contributed by atoms with E-state index in [1.165, 1.54) is 6.92 Å². The third kappa shape index (κ3) is 8.76. The Labute approximate surface area is 157 Å². The molecule has 0 aromatic rings. The highest BCUT2D eigenvalue weighted by Gasteiger charge is 2.47. The van der Waals surface area contributed by atoms with Gasteiger partial charge in [-0.3, -0.25) is 4.79 Å². The zero-order valence-electron chi connectivity index (χ0n) is 16.3. The van der Waals surface area contributed by atoms with Crippen molar-refractivity contribution in [2.24, 2.45) is 0 Å². The minimum absolute atomic E-state index is 0.0978. The van der Waals surface area contributed by atoms with Gasteiger partial charge in [-0.1, -0.05) is 40.0 Å². The number of esters is 1. The standard InChI is InChI=1S/C19H36O5S/c1-5-8-11-21-14-16-17(22-12-9-6-2)18(23-13-10-7-3)19(25-16)24-15(4)20/h16-19H,5-14H2,1-4H3/t16-,17-,18-,19?/m1/s1. The van der Waals surface area contributed by atoms with Crippen LogP contribution in [0.3, 0.4) is 0 Å². The van der Waals surface area contributed by atoms with Gasteiger partial charge in [0, 0.05) is 26.7 Å². The smallest absolute Gasteiger partial charge is 0.303 e. The van der Waals surface area contributed by atoms with Gasteiger partial charge >= 0.3 is 5.97 Å². The Balaban J connectivity index is 2.71. The summed E-state index contributed by atoms with van der Waals surface area (Å²) in [5, 5.41) is 0.129. The molecule has 1 unspecified atom stereocenters. The van der Waals surface area contributed by atoms with Crippen LogP contribution in [0.15, 0.2) is 0 Å². The Bertz CT molecular complexity index is 353. The fraction of sp³-hybridized carbons (Fsp3) is 0.947. The molecule has 0 saturated carbocycles. The first-order valence-electron chi connectivity index (χ1n) is 9.77. The van der Waals surface area contributed by atoms with E-state index in [0.29, 0.717) is 19.8 Å². The number of carbonyl (C=O) groups excluding carboxylic acids is 1. The summed E-state index contributed by atoms with van der Waals surface area (Å²) in [7, 11) is 0. The Hall–Kier alpha value is -0.300. The molecule has 1 fully saturated rings. The number of ether oxygens (including phenoxy) is 4. The van der Waals surface area contributed by atoms with Crippen LogP contribution in [0.4, 0.5) is 0 Å². The van der Waals surface area contributed by atoms with E-state index in [4.69, 9.17) is 18.9 Å². The van der Waals surface area contributed by atoms with Crippen molar-refractivity contribution < 1.29 is 23.7 Å². The lowest BCUT2D eigenvalue weighted by Gasteiger charge is -2.26. The average Bonchev–Trinajstić information content (AvgIpc) is 2.88. The highest BCUT2D eigenvalue weighted by molar-refractivity contribution is 8.00. The number of thioether (sulfide) groups is 1. The van der Waals surface area contributed by atoms with Crippen molar-refractivity contribution in [2.75, 3.05) is 26.4 Å². The van der Waals surface area contributed by atoms with Gasteiger partial charge in [0.15, 0.2) is 5.44 Å². The summed E-state index contributed by atoms with van der Waals surface area (Å²) in [6.45, 7) is 10.6. The maximum Gasteiger partial charge on any atom is 0.303 e. The van der Waals surface area contributed by atoms with Crippen molar-refractivity contribution in [3.63, 3.8) is 0 Å². The lowest BCUT2D eigenvalue weighted by Crippen LogP contribution is -2.40. The van der Waals surface area contributed by atoms with Gasteiger partial charge in [-0.2, -0.15) is 0 Å². The Kier molecular flexibility index (Phi) is 12.6. The minimum atomic E-state index is -0.319. The van der Waals surface area contributed by atoms with Crippen molar-refractivity contribution in [3.8, 4) is 0 Å². The first-order valence-corrected chi connectivity index (χ1v) is 10.7. The molecule has 5 nitrogen and oxygen atoms in total. The molecule has 25 heavy (non-hydrogen) atoms. The van der Waals surface area contributed by atoms with Crippen LogP contribution < -0.4 is 0 Å². The fourth-order valence-electron chi connectivity index (χ4n) is 2.64. The molecule has 1 aliphatic heterocycles. The van der Waals surface area contributed by atoms with Crippen LogP contribution in [0.2, 0.25) is 0 Å². The van der Waals surface area contributed by atoms with E-state index >= 15 is 0 Å². The lowest BCUT2D eigenvalue weighted by atomic mass is 10.1. The van der Waals surface area contributed by atoms with Crippen molar-refractivity contribution in [2.45, 2.75) is 89.1 Å². The second-order valence-electron chi connectivity index (χ2n) is 6.46.